The molecule has 1 heterocycles. The van der Waals surface area contributed by atoms with Crippen LogP contribution < -0.4 is 0 Å². The van der Waals surface area contributed by atoms with Crippen molar-refractivity contribution in [1.29, 1.82) is 0 Å². The fourth-order valence-corrected chi connectivity index (χ4v) is 7.41. The van der Waals surface area contributed by atoms with Gasteiger partial charge in [0.1, 0.15) is 0 Å². The maximum absolute atomic E-state index is 10.5. The Morgan fingerprint density at radius 1 is 0.958 bits per heavy atom. The molecule has 3 heteroatoms. The van der Waals surface area contributed by atoms with Crippen LogP contribution in [-0.4, -0.2) is 35.1 Å². The summed E-state index contributed by atoms with van der Waals surface area (Å²) in [5.41, 5.74) is -0.177. The van der Waals surface area contributed by atoms with Crippen LogP contribution in [-0.2, 0) is 4.74 Å². The molecule has 0 aromatic rings. The van der Waals surface area contributed by atoms with E-state index in [9.17, 15) is 10.2 Å². The highest BCUT2D eigenvalue weighted by atomic mass is 16.5. The molecule has 2 N–H and O–H groups in total. The molecule has 0 bridgehead atoms. The highest BCUT2D eigenvalue weighted by molar-refractivity contribution is 5.05. The third-order valence-electron chi connectivity index (χ3n) is 8.70. The van der Waals surface area contributed by atoms with Crippen LogP contribution in [0.2, 0.25) is 0 Å². The molecule has 2 unspecified atom stereocenters. The summed E-state index contributed by atoms with van der Waals surface area (Å²) >= 11 is 0. The van der Waals surface area contributed by atoms with Crippen molar-refractivity contribution in [1.82, 2.24) is 0 Å². The third-order valence-corrected chi connectivity index (χ3v) is 8.70. The summed E-state index contributed by atoms with van der Waals surface area (Å²) in [7, 11) is 0. The molecule has 3 saturated carbocycles. The molecule has 1 saturated heterocycles. The first-order valence-electron chi connectivity index (χ1n) is 10.3. The maximum atomic E-state index is 10.5. The third kappa shape index (κ3) is 2.66. The average molecular weight is 337 g/mol. The molecule has 4 rings (SSSR count). The lowest BCUT2D eigenvalue weighted by Crippen LogP contribution is -2.58. The summed E-state index contributed by atoms with van der Waals surface area (Å²) in [6.07, 6.45) is 8.09. The summed E-state index contributed by atoms with van der Waals surface area (Å²) in [5, 5.41) is 20.8. The van der Waals surface area contributed by atoms with Crippen LogP contribution in [0.15, 0.2) is 0 Å². The van der Waals surface area contributed by atoms with E-state index in [1.165, 1.54) is 32.1 Å². The van der Waals surface area contributed by atoms with Crippen molar-refractivity contribution in [3.8, 4) is 0 Å². The van der Waals surface area contributed by atoms with E-state index in [0.29, 0.717) is 11.8 Å². The van der Waals surface area contributed by atoms with Crippen LogP contribution in [0.25, 0.3) is 0 Å². The number of hydrogen-bond donors (Lipinski definition) is 2. The number of ether oxygens (including phenoxy) is 1. The van der Waals surface area contributed by atoms with Crippen LogP contribution in [0, 0.1) is 40.9 Å². The van der Waals surface area contributed by atoms with Gasteiger partial charge in [0.15, 0.2) is 0 Å². The van der Waals surface area contributed by atoms with Crippen molar-refractivity contribution >= 4 is 0 Å². The lowest BCUT2D eigenvalue weighted by atomic mass is 9.46. The van der Waals surface area contributed by atoms with E-state index < -0.39 is 5.60 Å². The van der Waals surface area contributed by atoms with Crippen LogP contribution in [0.1, 0.15) is 65.7 Å². The number of rotatable bonds is 1. The second kappa shape index (κ2) is 5.96. The Morgan fingerprint density at radius 3 is 2.46 bits per heavy atom. The van der Waals surface area contributed by atoms with Gasteiger partial charge in [-0.2, -0.15) is 0 Å². The minimum absolute atomic E-state index is 0.251. The Morgan fingerprint density at radius 2 is 1.71 bits per heavy atom. The highest BCUT2D eigenvalue weighted by Crippen LogP contribution is 2.61. The molecule has 138 valence electrons. The summed E-state index contributed by atoms with van der Waals surface area (Å²) in [6.45, 7) is 8.06. The Kier molecular flexibility index (Phi) is 4.29. The number of fused-ring (bicyclic) bond motifs is 5. The smallest absolute Gasteiger partial charge is 0.0622 e. The molecule has 0 aromatic carbocycles. The molecule has 4 aliphatic rings. The molecule has 3 aliphatic carbocycles. The van der Waals surface area contributed by atoms with E-state index >= 15 is 0 Å². The zero-order valence-electron chi connectivity index (χ0n) is 15.7. The predicted octanol–water partition coefficient (Wildman–Crippen LogP) is 3.62. The van der Waals surface area contributed by atoms with Crippen molar-refractivity contribution in [2.45, 2.75) is 77.4 Å². The largest absolute Gasteiger partial charge is 0.393 e. The Bertz CT molecular complexity index is 474. The molecular weight excluding hydrogens is 300 g/mol. The van der Waals surface area contributed by atoms with Gasteiger partial charge in [0, 0.05) is 5.92 Å². The Balaban J connectivity index is 1.56. The van der Waals surface area contributed by atoms with Crippen molar-refractivity contribution in [3.63, 3.8) is 0 Å². The number of hydrogen-bond acceptors (Lipinski definition) is 3. The number of aliphatic hydroxyl groups is 2. The van der Waals surface area contributed by atoms with Gasteiger partial charge >= 0.3 is 0 Å². The van der Waals surface area contributed by atoms with Gasteiger partial charge in [0.25, 0.3) is 0 Å². The highest BCUT2D eigenvalue weighted by Gasteiger charge is 2.57. The van der Waals surface area contributed by atoms with E-state index in [-0.39, 0.29) is 11.5 Å². The summed E-state index contributed by atoms with van der Waals surface area (Å²) in [4.78, 5) is 0. The van der Waals surface area contributed by atoms with Crippen LogP contribution >= 0.6 is 0 Å². The van der Waals surface area contributed by atoms with Crippen molar-refractivity contribution in [2.75, 3.05) is 13.2 Å². The first kappa shape index (κ1) is 17.3. The summed E-state index contributed by atoms with van der Waals surface area (Å²) in [5.74, 6) is 4.07. The molecule has 24 heavy (non-hydrogen) atoms. The standard InChI is InChI=1S/C21H36O3/c1-13(22)18-11-24-12-19-17-5-4-14-10-20(2,23)8-6-15(14)16(17)7-9-21(18,19)3/h13-19,22-23H,4-12H2,1-3H3/t13?,14-,15+,16-,17-,18?,19+,20-,21-/m1/s1. The molecule has 0 aromatic heterocycles. The monoisotopic (exact) mass is 336 g/mol. The average Bonchev–Trinajstić information content (AvgIpc) is 2.51. The topological polar surface area (TPSA) is 49.7 Å². The Labute approximate surface area is 147 Å². The SMILES string of the molecule is CC(O)C1COC[C@H]2[C@@H]3CC[C@@H]4C[C@](C)(O)CC[C@@H]4[C@H]3CC[C@]12C. The molecular formula is C21H36O3. The molecule has 4 fully saturated rings. The predicted molar refractivity (Wildman–Crippen MR) is 94.5 cm³/mol. The minimum Gasteiger partial charge on any atom is -0.393 e. The first-order valence-corrected chi connectivity index (χ1v) is 10.3. The van der Waals surface area contributed by atoms with Gasteiger partial charge in [0.2, 0.25) is 0 Å². The van der Waals surface area contributed by atoms with Crippen molar-refractivity contribution in [2.24, 2.45) is 40.9 Å². The lowest BCUT2D eigenvalue weighted by Gasteiger charge is -2.61. The maximum Gasteiger partial charge on any atom is 0.0622 e. The zero-order chi connectivity index (χ0) is 17.1. The zero-order valence-corrected chi connectivity index (χ0v) is 15.7. The van der Waals surface area contributed by atoms with E-state index in [0.717, 1.165) is 49.7 Å². The van der Waals surface area contributed by atoms with E-state index in [4.69, 9.17) is 4.74 Å². The molecule has 3 nitrogen and oxygen atoms in total. The van der Waals surface area contributed by atoms with Crippen LogP contribution in [0.3, 0.4) is 0 Å². The van der Waals surface area contributed by atoms with Crippen LogP contribution in [0.4, 0.5) is 0 Å². The van der Waals surface area contributed by atoms with E-state index in [1.807, 2.05) is 13.8 Å². The van der Waals surface area contributed by atoms with Gasteiger partial charge in [-0.25, -0.2) is 0 Å². The van der Waals surface area contributed by atoms with Gasteiger partial charge in [-0.1, -0.05) is 6.92 Å². The summed E-state index contributed by atoms with van der Waals surface area (Å²) in [6, 6.07) is 0. The molecule has 1 aliphatic heterocycles. The molecule has 0 amide bonds. The normalized spacial score (nSPS) is 55.9. The fraction of sp³-hybridized carbons (Fsp3) is 1.00. The van der Waals surface area contributed by atoms with E-state index in [2.05, 4.69) is 6.92 Å². The second-order valence-electron chi connectivity index (χ2n) is 10.1. The van der Waals surface area contributed by atoms with Crippen molar-refractivity contribution in [3.05, 3.63) is 0 Å². The lowest BCUT2D eigenvalue weighted by molar-refractivity contribution is -0.187. The van der Waals surface area contributed by atoms with Gasteiger partial charge < -0.3 is 14.9 Å². The van der Waals surface area contributed by atoms with Crippen molar-refractivity contribution < 1.29 is 14.9 Å². The van der Waals surface area contributed by atoms with Gasteiger partial charge in [-0.3, -0.25) is 0 Å². The molecule has 9 atom stereocenters. The van der Waals surface area contributed by atoms with E-state index in [1.54, 1.807) is 0 Å². The molecule has 0 radical (unpaired) electrons. The first-order chi connectivity index (χ1) is 11.3. The van der Waals surface area contributed by atoms with Gasteiger partial charge in [-0.15, -0.1) is 0 Å². The second-order valence-corrected chi connectivity index (χ2v) is 10.1. The quantitative estimate of drug-likeness (QED) is 0.769. The number of aliphatic hydroxyl groups excluding tert-OH is 1. The summed E-state index contributed by atoms with van der Waals surface area (Å²) < 4.78 is 6.00. The van der Waals surface area contributed by atoms with Crippen LogP contribution in [0.5, 0.6) is 0 Å². The van der Waals surface area contributed by atoms with Gasteiger partial charge in [0.05, 0.1) is 24.9 Å². The minimum atomic E-state index is -0.428. The molecule has 0 spiro atoms. The van der Waals surface area contributed by atoms with Gasteiger partial charge in [-0.05, 0) is 93.8 Å². The fourth-order valence-electron chi connectivity index (χ4n) is 7.41. The Hall–Kier alpha value is -0.120.